The van der Waals surface area contributed by atoms with Crippen molar-refractivity contribution in [2.24, 2.45) is 5.92 Å². The monoisotopic (exact) mass is 307 g/mol. The Morgan fingerprint density at radius 3 is 3.14 bits per heavy atom. The van der Waals surface area contributed by atoms with Gasteiger partial charge in [-0.3, -0.25) is 4.79 Å². The molecule has 2 atom stereocenters. The van der Waals surface area contributed by atoms with Crippen LogP contribution in [0.2, 0.25) is 0 Å². The molecule has 22 heavy (non-hydrogen) atoms. The average Bonchev–Trinajstić information content (AvgIpc) is 2.75. The summed E-state index contributed by atoms with van der Waals surface area (Å²) in [4.78, 5) is 14.7. The second kappa shape index (κ2) is 6.79. The van der Waals surface area contributed by atoms with Gasteiger partial charge in [0.1, 0.15) is 5.76 Å². The molecule has 0 spiro atoms. The molecular formula is C16H25N3O3. The number of aryl methyl sites for hydroxylation is 1. The first kappa shape index (κ1) is 15.5. The van der Waals surface area contributed by atoms with Crippen LogP contribution in [0.5, 0.6) is 0 Å². The van der Waals surface area contributed by atoms with Gasteiger partial charge < -0.3 is 19.5 Å². The molecule has 0 bridgehead atoms. The molecule has 2 saturated heterocycles. The Labute approximate surface area is 131 Å². The van der Waals surface area contributed by atoms with Gasteiger partial charge in [0.25, 0.3) is 5.91 Å². The van der Waals surface area contributed by atoms with Crippen LogP contribution in [0.15, 0.2) is 4.52 Å². The summed E-state index contributed by atoms with van der Waals surface area (Å²) in [5.74, 6) is 1.20. The van der Waals surface area contributed by atoms with E-state index in [-0.39, 0.29) is 5.91 Å². The third-order valence-corrected chi connectivity index (χ3v) is 4.91. The maximum atomic E-state index is 12.8. The van der Waals surface area contributed by atoms with E-state index in [1.165, 1.54) is 19.3 Å². The lowest BCUT2D eigenvalue weighted by Crippen LogP contribution is -2.50. The number of carbonyl (C=O) groups excluding carboxylic acids is 1. The molecule has 6 heteroatoms. The van der Waals surface area contributed by atoms with Crippen molar-refractivity contribution in [1.82, 2.24) is 15.4 Å². The van der Waals surface area contributed by atoms with Crippen LogP contribution in [-0.2, 0) is 11.3 Å². The lowest BCUT2D eigenvalue weighted by molar-refractivity contribution is 0.0617. The standard InChI is InChI=1S/C16H25N3O3/c1-11-13(10-21-2)15(18-22-11)16(20)19-8-6-14-12(9-19)5-3-4-7-17-14/h12,14,17H,3-10H2,1-2H3/t12-,14+/m0/s1. The molecule has 2 aliphatic rings. The van der Waals surface area contributed by atoms with E-state index >= 15 is 0 Å². The number of piperidine rings is 1. The molecule has 1 aromatic heterocycles. The summed E-state index contributed by atoms with van der Waals surface area (Å²) < 4.78 is 10.4. The smallest absolute Gasteiger partial charge is 0.276 e. The summed E-state index contributed by atoms with van der Waals surface area (Å²) in [6.45, 7) is 4.88. The van der Waals surface area contributed by atoms with Crippen LogP contribution in [0.3, 0.4) is 0 Å². The molecule has 1 N–H and O–H groups in total. The number of methoxy groups -OCH3 is 1. The zero-order valence-electron chi connectivity index (χ0n) is 13.4. The molecule has 122 valence electrons. The van der Waals surface area contributed by atoms with Crippen molar-refractivity contribution in [3.8, 4) is 0 Å². The summed E-state index contributed by atoms with van der Waals surface area (Å²) in [6.07, 6.45) is 4.70. The van der Waals surface area contributed by atoms with Gasteiger partial charge >= 0.3 is 0 Å². The average molecular weight is 307 g/mol. The van der Waals surface area contributed by atoms with Crippen LogP contribution in [0.25, 0.3) is 0 Å². The van der Waals surface area contributed by atoms with Crippen molar-refractivity contribution >= 4 is 5.91 Å². The molecule has 1 amide bonds. The van der Waals surface area contributed by atoms with E-state index in [1.54, 1.807) is 7.11 Å². The highest BCUT2D eigenvalue weighted by Gasteiger charge is 2.34. The van der Waals surface area contributed by atoms with Crippen molar-refractivity contribution in [2.45, 2.75) is 45.3 Å². The molecule has 0 aliphatic carbocycles. The first-order valence-electron chi connectivity index (χ1n) is 8.17. The van der Waals surface area contributed by atoms with Crippen molar-refractivity contribution in [3.63, 3.8) is 0 Å². The van der Waals surface area contributed by atoms with Gasteiger partial charge in [-0.15, -0.1) is 0 Å². The lowest BCUT2D eigenvalue weighted by Gasteiger charge is -2.37. The summed E-state index contributed by atoms with van der Waals surface area (Å²) in [5.41, 5.74) is 1.19. The van der Waals surface area contributed by atoms with Crippen LogP contribution in [0.4, 0.5) is 0 Å². The Morgan fingerprint density at radius 1 is 1.45 bits per heavy atom. The van der Waals surface area contributed by atoms with E-state index in [0.29, 0.717) is 30.0 Å². The van der Waals surface area contributed by atoms with Gasteiger partial charge in [-0.05, 0) is 38.6 Å². The van der Waals surface area contributed by atoms with Gasteiger partial charge in [0.2, 0.25) is 0 Å². The fourth-order valence-corrected chi connectivity index (χ4v) is 3.62. The van der Waals surface area contributed by atoms with E-state index in [2.05, 4.69) is 10.5 Å². The summed E-state index contributed by atoms with van der Waals surface area (Å²) >= 11 is 0. The quantitative estimate of drug-likeness (QED) is 0.921. The Hall–Kier alpha value is -1.40. The van der Waals surface area contributed by atoms with E-state index in [0.717, 1.165) is 31.6 Å². The molecule has 0 aromatic carbocycles. The minimum Gasteiger partial charge on any atom is -0.380 e. The topological polar surface area (TPSA) is 67.6 Å². The predicted molar refractivity (Wildman–Crippen MR) is 81.6 cm³/mol. The van der Waals surface area contributed by atoms with Crippen molar-refractivity contribution in [3.05, 3.63) is 17.0 Å². The van der Waals surface area contributed by atoms with Crippen LogP contribution in [-0.4, -0.2) is 48.7 Å². The van der Waals surface area contributed by atoms with Crippen LogP contribution < -0.4 is 5.32 Å². The summed E-state index contributed by atoms with van der Waals surface area (Å²) in [6, 6.07) is 0.559. The fraction of sp³-hybridized carbons (Fsp3) is 0.750. The third kappa shape index (κ3) is 3.03. The first-order valence-corrected chi connectivity index (χ1v) is 8.17. The van der Waals surface area contributed by atoms with E-state index in [4.69, 9.17) is 9.26 Å². The van der Waals surface area contributed by atoms with Gasteiger partial charge in [-0.1, -0.05) is 11.6 Å². The molecule has 0 unspecified atom stereocenters. The van der Waals surface area contributed by atoms with E-state index in [9.17, 15) is 4.79 Å². The maximum Gasteiger partial charge on any atom is 0.276 e. The molecule has 1 aromatic rings. The molecule has 3 rings (SSSR count). The van der Waals surface area contributed by atoms with Gasteiger partial charge in [-0.25, -0.2) is 0 Å². The van der Waals surface area contributed by atoms with Gasteiger partial charge in [0.05, 0.1) is 12.2 Å². The minimum absolute atomic E-state index is 0.0217. The van der Waals surface area contributed by atoms with Gasteiger partial charge in [0, 0.05) is 26.2 Å². The maximum absolute atomic E-state index is 12.8. The van der Waals surface area contributed by atoms with Gasteiger partial charge in [0.15, 0.2) is 5.69 Å². The summed E-state index contributed by atoms with van der Waals surface area (Å²) in [5, 5.41) is 7.60. The number of ether oxygens (including phenoxy) is 1. The molecule has 2 aliphatic heterocycles. The highest BCUT2D eigenvalue weighted by molar-refractivity contribution is 5.93. The van der Waals surface area contributed by atoms with E-state index < -0.39 is 0 Å². The number of likely N-dealkylation sites (tertiary alicyclic amines) is 1. The number of nitrogens with zero attached hydrogens (tertiary/aromatic N) is 2. The zero-order chi connectivity index (χ0) is 15.5. The zero-order valence-corrected chi connectivity index (χ0v) is 13.4. The molecule has 6 nitrogen and oxygen atoms in total. The molecule has 2 fully saturated rings. The normalized spacial score (nSPS) is 25.6. The Balaban J connectivity index is 1.73. The second-order valence-electron chi connectivity index (χ2n) is 6.36. The molecular weight excluding hydrogens is 282 g/mol. The largest absolute Gasteiger partial charge is 0.380 e. The first-order chi connectivity index (χ1) is 10.7. The third-order valence-electron chi connectivity index (χ3n) is 4.91. The Morgan fingerprint density at radius 2 is 2.32 bits per heavy atom. The fourth-order valence-electron chi connectivity index (χ4n) is 3.62. The van der Waals surface area contributed by atoms with Crippen molar-refractivity contribution in [2.75, 3.05) is 26.7 Å². The SMILES string of the molecule is COCc1c(C(=O)N2CC[C@H]3NCCCC[C@H]3C2)noc1C. The highest BCUT2D eigenvalue weighted by Crippen LogP contribution is 2.26. The predicted octanol–water partition coefficient (Wildman–Crippen LogP) is 1.73. The number of hydrogen-bond acceptors (Lipinski definition) is 5. The number of aromatic nitrogens is 1. The second-order valence-corrected chi connectivity index (χ2v) is 6.36. The molecule has 0 radical (unpaired) electrons. The number of hydrogen-bond donors (Lipinski definition) is 1. The number of rotatable bonds is 3. The van der Waals surface area contributed by atoms with Crippen LogP contribution >= 0.6 is 0 Å². The Bertz CT molecular complexity index is 529. The van der Waals surface area contributed by atoms with Gasteiger partial charge in [-0.2, -0.15) is 0 Å². The number of amides is 1. The number of fused-ring (bicyclic) bond motifs is 1. The molecule has 3 heterocycles. The Kier molecular flexibility index (Phi) is 4.78. The van der Waals surface area contributed by atoms with Crippen molar-refractivity contribution in [1.29, 1.82) is 0 Å². The van der Waals surface area contributed by atoms with Crippen molar-refractivity contribution < 1.29 is 14.1 Å². The number of nitrogens with one attached hydrogen (secondary N) is 1. The lowest BCUT2D eigenvalue weighted by atomic mass is 9.89. The van der Waals surface area contributed by atoms with Crippen LogP contribution in [0.1, 0.15) is 47.5 Å². The number of carbonyl (C=O) groups is 1. The molecule has 0 saturated carbocycles. The highest BCUT2D eigenvalue weighted by atomic mass is 16.5. The van der Waals surface area contributed by atoms with Crippen LogP contribution in [0, 0.1) is 12.8 Å². The minimum atomic E-state index is -0.0217. The summed E-state index contributed by atoms with van der Waals surface area (Å²) in [7, 11) is 1.61. The van der Waals surface area contributed by atoms with E-state index in [1.807, 2.05) is 11.8 Å².